The van der Waals surface area contributed by atoms with Crippen LogP contribution < -0.4 is 10.6 Å². The number of carbonyl (C=O) groups excluding carboxylic acids is 1. The Kier molecular flexibility index (Phi) is 4.76. The van der Waals surface area contributed by atoms with Crippen LogP contribution in [0.15, 0.2) is 22.7 Å². The minimum atomic E-state index is -0.0881. The predicted molar refractivity (Wildman–Crippen MR) is 66.3 cm³/mol. The van der Waals surface area contributed by atoms with Gasteiger partial charge in [0.05, 0.1) is 6.54 Å². The first kappa shape index (κ1) is 13.0. The Bertz CT molecular complexity index is 382. The zero-order valence-corrected chi connectivity index (χ0v) is 10.8. The number of phenolic OH excluding ortho intramolecular Hbond substituents is 1. The van der Waals surface area contributed by atoms with Gasteiger partial charge in [-0.15, -0.1) is 0 Å². The Labute approximate surface area is 103 Å². The molecule has 1 rings (SSSR count). The summed E-state index contributed by atoms with van der Waals surface area (Å²) in [6.07, 6.45) is 0. The summed E-state index contributed by atoms with van der Waals surface area (Å²) in [4.78, 5) is 11.1. The molecule has 1 atom stereocenters. The topological polar surface area (TPSA) is 61.4 Å². The van der Waals surface area contributed by atoms with Crippen LogP contribution in [0.5, 0.6) is 5.75 Å². The number of carbonyl (C=O) groups is 1. The molecule has 0 saturated heterocycles. The number of phenols is 1. The number of benzene rings is 1. The first-order valence-corrected chi connectivity index (χ1v) is 5.76. The second-order valence-corrected chi connectivity index (χ2v) is 4.39. The SMILES string of the molecule is CNC(=O)CNC(C)c1cc(Br)ccc1O. The molecular formula is C11H15BrN2O2. The zero-order chi connectivity index (χ0) is 12.1. The lowest BCUT2D eigenvalue weighted by molar-refractivity contribution is -0.119. The summed E-state index contributed by atoms with van der Waals surface area (Å²) in [5.74, 6) is 0.140. The molecule has 5 heteroatoms. The maximum absolute atomic E-state index is 11.1. The molecule has 88 valence electrons. The minimum Gasteiger partial charge on any atom is -0.508 e. The van der Waals surface area contributed by atoms with Crippen molar-refractivity contribution in [2.75, 3.05) is 13.6 Å². The molecule has 0 bridgehead atoms. The highest BCUT2D eigenvalue weighted by Gasteiger charge is 2.11. The number of rotatable bonds is 4. The number of aromatic hydroxyl groups is 1. The molecule has 0 aliphatic heterocycles. The third-order valence-electron chi connectivity index (χ3n) is 2.30. The number of nitrogens with one attached hydrogen (secondary N) is 2. The van der Waals surface area contributed by atoms with Crippen LogP contribution >= 0.6 is 15.9 Å². The van der Waals surface area contributed by atoms with Crippen molar-refractivity contribution in [1.82, 2.24) is 10.6 Å². The van der Waals surface area contributed by atoms with Gasteiger partial charge in [-0.25, -0.2) is 0 Å². The van der Waals surface area contributed by atoms with E-state index in [1.807, 2.05) is 13.0 Å². The van der Waals surface area contributed by atoms with E-state index in [0.717, 1.165) is 10.0 Å². The Morgan fingerprint density at radius 2 is 2.25 bits per heavy atom. The lowest BCUT2D eigenvalue weighted by Crippen LogP contribution is -2.32. The van der Waals surface area contributed by atoms with Gasteiger partial charge in [0.25, 0.3) is 0 Å². The molecule has 4 nitrogen and oxygen atoms in total. The average molecular weight is 287 g/mol. The van der Waals surface area contributed by atoms with E-state index in [0.29, 0.717) is 0 Å². The molecule has 0 fully saturated rings. The normalized spacial score (nSPS) is 12.2. The van der Waals surface area contributed by atoms with Crippen molar-refractivity contribution >= 4 is 21.8 Å². The fraction of sp³-hybridized carbons (Fsp3) is 0.364. The van der Waals surface area contributed by atoms with Gasteiger partial charge in [0.1, 0.15) is 5.75 Å². The van der Waals surface area contributed by atoms with Crippen molar-refractivity contribution in [2.24, 2.45) is 0 Å². The molecule has 1 aromatic rings. The molecule has 0 saturated carbocycles. The molecule has 1 amide bonds. The van der Waals surface area contributed by atoms with Gasteiger partial charge in [-0.2, -0.15) is 0 Å². The highest BCUT2D eigenvalue weighted by atomic mass is 79.9. The maximum Gasteiger partial charge on any atom is 0.233 e. The molecule has 0 radical (unpaired) electrons. The largest absolute Gasteiger partial charge is 0.508 e. The molecule has 0 aliphatic carbocycles. The zero-order valence-electron chi connectivity index (χ0n) is 9.25. The number of hydrogen-bond donors (Lipinski definition) is 3. The Morgan fingerprint density at radius 3 is 2.88 bits per heavy atom. The van der Waals surface area contributed by atoms with Gasteiger partial charge < -0.3 is 15.7 Å². The Balaban J connectivity index is 2.68. The predicted octanol–water partition coefficient (Wildman–Crippen LogP) is 1.55. The van der Waals surface area contributed by atoms with Crippen molar-refractivity contribution < 1.29 is 9.90 Å². The smallest absolute Gasteiger partial charge is 0.233 e. The van der Waals surface area contributed by atoms with Gasteiger partial charge in [-0.3, -0.25) is 4.79 Å². The third kappa shape index (κ3) is 3.50. The van der Waals surface area contributed by atoms with Gasteiger partial charge in [-0.1, -0.05) is 15.9 Å². The Morgan fingerprint density at radius 1 is 1.56 bits per heavy atom. The molecule has 0 spiro atoms. The standard InChI is InChI=1S/C11H15BrN2O2/c1-7(14-6-11(16)13-2)9-5-8(12)3-4-10(9)15/h3-5,7,14-15H,6H2,1-2H3,(H,13,16). The summed E-state index contributed by atoms with van der Waals surface area (Å²) in [7, 11) is 1.59. The molecule has 1 unspecified atom stereocenters. The monoisotopic (exact) mass is 286 g/mol. The maximum atomic E-state index is 11.1. The van der Waals surface area contributed by atoms with E-state index in [-0.39, 0.29) is 24.2 Å². The van der Waals surface area contributed by atoms with Crippen LogP contribution in [0.4, 0.5) is 0 Å². The molecular weight excluding hydrogens is 272 g/mol. The van der Waals surface area contributed by atoms with Crippen molar-refractivity contribution in [3.8, 4) is 5.75 Å². The quantitative estimate of drug-likeness (QED) is 0.787. The number of amides is 1. The number of likely N-dealkylation sites (N-methyl/N-ethyl adjacent to an activating group) is 1. The van der Waals surface area contributed by atoms with Crippen molar-refractivity contribution in [3.05, 3.63) is 28.2 Å². The second kappa shape index (κ2) is 5.86. The van der Waals surface area contributed by atoms with E-state index in [1.165, 1.54) is 0 Å². The first-order chi connectivity index (χ1) is 7.54. The van der Waals surface area contributed by atoms with Gasteiger partial charge >= 0.3 is 0 Å². The summed E-state index contributed by atoms with van der Waals surface area (Å²) >= 11 is 3.34. The van der Waals surface area contributed by atoms with E-state index < -0.39 is 0 Å². The highest BCUT2D eigenvalue weighted by Crippen LogP contribution is 2.27. The van der Waals surface area contributed by atoms with Gasteiger partial charge in [0.2, 0.25) is 5.91 Å². The fourth-order valence-corrected chi connectivity index (χ4v) is 1.70. The molecule has 1 aromatic carbocycles. The molecule has 3 N–H and O–H groups in total. The van der Waals surface area contributed by atoms with E-state index in [2.05, 4.69) is 26.6 Å². The van der Waals surface area contributed by atoms with Gasteiger partial charge in [-0.05, 0) is 25.1 Å². The van der Waals surface area contributed by atoms with E-state index in [9.17, 15) is 9.90 Å². The summed E-state index contributed by atoms with van der Waals surface area (Å²) in [5.41, 5.74) is 0.762. The summed E-state index contributed by atoms with van der Waals surface area (Å²) < 4.78 is 0.897. The van der Waals surface area contributed by atoms with Gasteiger partial charge in [0.15, 0.2) is 0 Å². The van der Waals surface area contributed by atoms with E-state index in [4.69, 9.17) is 0 Å². The molecule has 0 heterocycles. The lowest BCUT2D eigenvalue weighted by Gasteiger charge is -2.15. The lowest BCUT2D eigenvalue weighted by atomic mass is 10.1. The summed E-state index contributed by atoms with van der Waals surface area (Å²) in [5, 5.41) is 15.2. The molecule has 16 heavy (non-hydrogen) atoms. The number of halogens is 1. The van der Waals surface area contributed by atoms with Crippen LogP contribution in [0.2, 0.25) is 0 Å². The van der Waals surface area contributed by atoms with Crippen LogP contribution in [0.25, 0.3) is 0 Å². The van der Waals surface area contributed by atoms with Crippen molar-refractivity contribution in [2.45, 2.75) is 13.0 Å². The summed E-state index contributed by atoms with van der Waals surface area (Å²) in [6, 6.07) is 5.13. The highest BCUT2D eigenvalue weighted by molar-refractivity contribution is 9.10. The third-order valence-corrected chi connectivity index (χ3v) is 2.80. The van der Waals surface area contributed by atoms with E-state index >= 15 is 0 Å². The molecule has 0 aromatic heterocycles. The van der Waals surface area contributed by atoms with Crippen LogP contribution in [0.1, 0.15) is 18.5 Å². The minimum absolute atomic E-state index is 0.0821. The fourth-order valence-electron chi connectivity index (χ4n) is 1.32. The molecule has 0 aliphatic rings. The first-order valence-electron chi connectivity index (χ1n) is 4.97. The van der Waals surface area contributed by atoms with Crippen LogP contribution in [-0.4, -0.2) is 24.6 Å². The van der Waals surface area contributed by atoms with Crippen LogP contribution in [0, 0.1) is 0 Å². The average Bonchev–Trinajstić information content (AvgIpc) is 2.28. The number of hydrogen-bond acceptors (Lipinski definition) is 3. The van der Waals surface area contributed by atoms with Crippen molar-refractivity contribution in [1.29, 1.82) is 0 Å². The summed E-state index contributed by atoms with van der Waals surface area (Å²) in [6.45, 7) is 2.12. The Hall–Kier alpha value is -1.07. The van der Waals surface area contributed by atoms with Crippen molar-refractivity contribution in [3.63, 3.8) is 0 Å². The van der Waals surface area contributed by atoms with E-state index in [1.54, 1.807) is 19.2 Å². The van der Waals surface area contributed by atoms with Gasteiger partial charge in [0, 0.05) is 23.1 Å². The van der Waals surface area contributed by atoms with Crippen LogP contribution in [-0.2, 0) is 4.79 Å². The second-order valence-electron chi connectivity index (χ2n) is 3.48. The van der Waals surface area contributed by atoms with Crippen LogP contribution in [0.3, 0.4) is 0 Å².